The van der Waals surface area contributed by atoms with Gasteiger partial charge in [0.05, 0.1) is 6.42 Å². The van der Waals surface area contributed by atoms with Gasteiger partial charge in [0.1, 0.15) is 33.2 Å². The largest absolute Gasteiger partial charge is 0.469 e. The van der Waals surface area contributed by atoms with Crippen LogP contribution in [-0.4, -0.2) is 49.1 Å². The first-order valence-electron chi connectivity index (χ1n) is 13.1. The molecule has 0 saturated carbocycles. The Balaban J connectivity index is 1.30. The Bertz CT molecular complexity index is 1570. The van der Waals surface area contributed by atoms with Crippen molar-refractivity contribution in [2.45, 2.75) is 30.9 Å². The van der Waals surface area contributed by atoms with Crippen molar-refractivity contribution in [3.8, 4) is 0 Å². The van der Waals surface area contributed by atoms with Crippen LogP contribution in [0.1, 0.15) is 32.8 Å². The molecule has 0 bridgehead atoms. The SMILES string of the molecule is Cc1nnc(C2=C(C(=S)OC(c3ccccc3)c3ccccc3)N3C(=O)[C@@H](NC(=O)Cc4ccccc4)[C@H]3SC2)s1. The normalized spacial score (nSPS) is 18.1. The number of benzene rings is 3. The highest BCUT2D eigenvalue weighted by atomic mass is 32.2. The lowest BCUT2D eigenvalue weighted by Crippen LogP contribution is -2.70. The van der Waals surface area contributed by atoms with Gasteiger partial charge in [-0.2, -0.15) is 0 Å². The maximum atomic E-state index is 13.6. The molecule has 0 aliphatic carbocycles. The van der Waals surface area contributed by atoms with Crippen molar-refractivity contribution in [2.75, 3.05) is 5.75 Å². The van der Waals surface area contributed by atoms with E-state index in [1.54, 1.807) is 16.7 Å². The smallest absolute Gasteiger partial charge is 0.253 e. The molecule has 2 atom stereocenters. The summed E-state index contributed by atoms with van der Waals surface area (Å²) in [5, 5.41) is 12.9. The number of ether oxygens (including phenoxy) is 1. The van der Waals surface area contributed by atoms with E-state index in [0.29, 0.717) is 16.5 Å². The molecule has 4 aromatic rings. The molecular formula is C31H26N4O3S3. The van der Waals surface area contributed by atoms with Crippen LogP contribution in [-0.2, 0) is 20.7 Å². The Morgan fingerprint density at radius 3 is 2.20 bits per heavy atom. The minimum Gasteiger partial charge on any atom is -0.469 e. The molecule has 3 aromatic carbocycles. The molecule has 3 heterocycles. The first kappa shape index (κ1) is 27.3. The summed E-state index contributed by atoms with van der Waals surface area (Å²) in [6.07, 6.45) is -0.266. The van der Waals surface area contributed by atoms with E-state index in [2.05, 4.69) is 15.5 Å². The summed E-state index contributed by atoms with van der Waals surface area (Å²) in [6, 6.07) is 28.6. The van der Waals surface area contributed by atoms with E-state index in [-0.39, 0.29) is 28.7 Å². The molecule has 1 N–H and O–H groups in total. The standard InChI is InChI=1S/C31H26N4O3S3/c1-19-33-34-28(41-19)23-18-40-30-25(32-24(36)17-20-11-5-2-6-12-20)29(37)35(30)26(23)31(39)38-27(21-13-7-3-8-14-21)22-15-9-4-10-16-22/h2-16,25,27,30H,17-18H2,1H3,(H,32,36)/t25-,30-/m1/s1. The van der Waals surface area contributed by atoms with Crippen molar-refractivity contribution >= 4 is 57.8 Å². The Morgan fingerprint density at radius 2 is 1.61 bits per heavy atom. The number of rotatable bonds is 8. The molecule has 41 heavy (non-hydrogen) atoms. The van der Waals surface area contributed by atoms with Crippen molar-refractivity contribution in [3.05, 3.63) is 123 Å². The van der Waals surface area contributed by atoms with Crippen LogP contribution in [0.25, 0.3) is 5.57 Å². The fourth-order valence-electron chi connectivity index (χ4n) is 4.94. The topological polar surface area (TPSA) is 84.4 Å². The summed E-state index contributed by atoms with van der Waals surface area (Å²) in [4.78, 5) is 28.1. The average molecular weight is 599 g/mol. The van der Waals surface area contributed by atoms with Crippen molar-refractivity contribution in [3.63, 3.8) is 0 Å². The summed E-state index contributed by atoms with van der Waals surface area (Å²) in [6.45, 7) is 1.89. The first-order valence-corrected chi connectivity index (χ1v) is 15.4. The maximum absolute atomic E-state index is 13.6. The number of thioether (sulfide) groups is 1. The van der Waals surface area contributed by atoms with Gasteiger partial charge in [-0.3, -0.25) is 14.5 Å². The van der Waals surface area contributed by atoms with Gasteiger partial charge in [-0.05, 0) is 35.8 Å². The van der Waals surface area contributed by atoms with E-state index in [1.165, 1.54) is 11.3 Å². The number of nitrogens with one attached hydrogen (secondary N) is 1. The molecule has 1 fully saturated rings. The molecule has 6 rings (SSSR count). The molecule has 7 nitrogen and oxygen atoms in total. The predicted molar refractivity (Wildman–Crippen MR) is 165 cm³/mol. The van der Waals surface area contributed by atoms with Gasteiger partial charge in [0.15, 0.2) is 0 Å². The van der Waals surface area contributed by atoms with Gasteiger partial charge < -0.3 is 10.1 Å². The highest BCUT2D eigenvalue weighted by molar-refractivity contribution is 8.00. The molecule has 2 aliphatic rings. The zero-order chi connectivity index (χ0) is 28.3. The highest BCUT2D eigenvalue weighted by Crippen LogP contribution is 2.45. The Morgan fingerprint density at radius 1 is 1.00 bits per heavy atom. The molecule has 0 radical (unpaired) electrons. The van der Waals surface area contributed by atoms with E-state index >= 15 is 0 Å². The van der Waals surface area contributed by atoms with Crippen LogP contribution in [0.15, 0.2) is 96.7 Å². The van der Waals surface area contributed by atoms with Crippen LogP contribution in [0, 0.1) is 6.92 Å². The number of aryl methyl sites for hydroxylation is 1. The molecule has 1 aromatic heterocycles. The van der Waals surface area contributed by atoms with Crippen molar-refractivity contribution < 1.29 is 14.3 Å². The van der Waals surface area contributed by atoms with Gasteiger partial charge in [0.25, 0.3) is 5.91 Å². The number of carbonyl (C=O) groups excluding carboxylic acids is 2. The number of fused-ring (bicyclic) bond motifs is 1. The minimum atomic E-state index is -0.647. The highest BCUT2D eigenvalue weighted by Gasteiger charge is 2.54. The molecule has 206 valence electrons. The second-order valence-corrected chi connectivity index (χ2v) is 12.3. The van der Waals surface area contributed by atoms with Crippen LogP contribution in [0.2, 0.25) is 0 Å². The van der Waals surface area contributed by atoms with E-state index < -0.39 is 12.1 Å². The molecular weight excluding hydrogens is 573 g/mol. The molecule has 0 unspecified atom stereocenters. The van der Waals surface area contributed by atoms with Gasteiger partial charge in [0.2, 0.25) is 11.0 Å². The van der Waals surface area contributed by atoms with Crippen LogP contribution in [0.5, 0.6) is 0 Å². The number of amides is 2. The number of hydrogen-bond donors (Lipinski definition) is 1. The number of carbonyl (C=O) groups is 2. The maximum Gasteiger partial charge on any atom is 0.253 e. The van der Waals surface area contributed by atoms with E-state index in [9.17, 15) is 9.59 Å². The third-order valence-electron chi connectivity index (χ3n) is 6.90. The molecule has 10 heteroatoms. The molecule has 1 saturated heterocycles. The quantitative estimate of drug-likeness (QED) is 0.217. The number of nitrogens with zero attached hydrogens (tertiary/aromatic N) is 3. The Hall–Kier alpha value is -3.86. The summed E-state index contributed by atoms with van der Waals surface area (Å²) >= 11 is 8.98. The second kappa shape index (κ2) is 11.9. The number of β-lactam (4-membered cyclic amide) rings is 1. The number of aromatic nitrogens is 2. The van der Waals surface area contributed by atoms with Gasteiger partial charge in [0, 0.05) is 11.3 Å². The lowest BCUT2D eigenvalue weighted by molar-refractivity contribution is -0.145. The minimum absolute atomic E-state index is 0.196. The first-order chi connectivity index (χ1) is 20.0. The van der Waals surface area contributed by atoms with Gasteiger partial charge in [-0.25, -0.2) is 0 Å². The zero-order valence-corrected chi connectivity index (χ0v) is 24.5. The lowest BCUT2D eigenvalue weighted by Gasteiger charge is -2.50. The lowest BCUT2D eigenvalue weighted by atomic mass is 10.0. The average Bonchev–Trinajstić information content (AvgIpc) is 3.45. The van der Waals surface area contributed by atoms with Crippen molar-refractivity contribution in [1.82, 2.24) is 20.4 Å². The summed E-state index contributed by atoms with van der Waals surface area (Å²) < 4.78 is 6.56. The Kier molecular flexibility index (Phi) is 7.95. The third-order valence-corrected chi connectivity index (χ3v) is 9.37. The summed E-state index contributed by atoms with van der Waals surface area (Å²) in [5.41, 5.74) is 4.11. The van der Waals surface area contributed by atoms with Gasteiger partial charge >= 0.3 is 0 Å². The fraction of sp³-hybridized carbons (Fsp3) is 0.194. The van der Waals surface area contributed by atoms with Gasteiger partial charge in [-0.15, -0.1) is 22.0 Å². The second-order valence-electron chi connectivity index (χ2n) is 9.68. The van der Waals surface area contributed by atoms with E-state index in [0.717, 1.165) is 27.3 Å². The predicted octanol–water partition coefficient (Wildman–Crippen LogP) is 5.33. The summed E-state index contributed by atoms with van der Waals surface area (Å²) in [7, 11) is 0. The molecule has 0 spiro atoms. The Labute approximate surface area is 251 Å². The molecule has 2 aliphatic heterocycles. The van der Waals surface area contributed by atoms with Crippen LogP contribution >= 0.6 is 35.3 Å². The van der Waals surface area contributed by atoms with E-state index in [1.807, 2.05) is 97.9 Å². The van der Waals surface area contributed by atoms with Crippen LogP contribution in [0.3, 0.4) is 0 Å². The van der Waals surface area contributed by atoms with Crippen LogP contribution in [0.4, 0.5) is 0 Å². The monoisotopic (exact) mass is 598 g/mol. The fourth-order valence-corrected chi connectivity index (χ4v) is 7.43. The van der Waals surface area contributed by atoms with Crippen molar-refractivity contribution in [1.29, 1.82) is 0 Å². The zero-order valence-electron chi connectivity index (χ0n) is 22.1. The third kappa shape index (κ3) is 5.68. The van der Waals surface area contributed by atoms with Crippen molar-refractivity contribution in [2.24, 2.45) is 0 Å². The van der Waals surface area contributed by atoms with Crippen LogP contribution < -0.4 is 5.32 Å². The number of hydrogen-bond acceptors (Lipinski definition) is 8. The number of thiocarbonyl (C=S) groups is 1. The van der Waals surface area contributed by atoms with E-state index in [4.69, 9.17) is 17.0 Å². The summed E-state index contributed by atoms with van der Waals surface area (Å²) in [5.74, 6) is 0.131. The van der Waals surface area contributed by atoms with Gasteiger partial charge in [-0.1, -0.05) is 102 Å². The molecule has 2 amide bonds.